The van der Waals surface area contributed by atoms with E-state index in [0.29, 0.717) is 0 Å². The van der Waals surface area contributed by atoms with Gasteiger partial charge in [-0.2, -0.15) is 0 Å². The van der Waals surface area contributed by atoms with E-state index in [2.05, 4.69) is 18.4 Å². The number of allylic oxidation sites excluding steroid dienone is 1. The van der Waals surface area contributed by atoms with Gasteiger partial charge >= 0.3 is 79.0 Å². The Labute approximate surface area is 79.2 Å². The predicted molar refractivity (Wildman–Crippen MR) is 43.8 cm³/mol. The van der Waals surface area contributed by atoms with Gasteiger partial charge in [-0.1, -0.05) is 0 Å². The zero-order valence-electron chi connectivity index (χ0n) is 6.72. The second-order valence-corrected chi connectivity index (χ2v) is 3.31. The maximum atomic E-state index is 4.92. The average Bonchev–Trinajstić information content (AvgIpc) is 2.04. The van der Waals surface area contributed by atoms with Crippen molar-refractivity contribution in [2.24, 2.45) is 0 Å². The van der Waals surface area contributed by atoms with E-state index in [1.165, 1.54) is 19.4 Å². The SMILES string of the molecule is C=CCCCC#C[C](=[W])OC. The Kier molecular flexibility index (Phi) is 7.79. The number of ether oxygens (including phenoxy) is 1. The molecule has 0 aromatic heterocycles. The summed E-state index contributed by atoms with van der Waals surface area (Å²) in [5.74, 6) is 5.97. The summed E-state index contributed by atoms with van der Waals surface area (Å²) < 4.78 is 5.78. The molecule has 0 N–H and O–H groups in total. The van der Waals surface area contributed by atoms with Gasteiger partial charge in [0.25, 0.3) is 0 Å². The Morgan fingerprint density at radius 2 is 2.45 bits per heavy atom. The van der Waals surface area contributed by atoms with Crippen molar-refractivity contribution in [2.45, 2.75) is 19.3 Å². The Hall–Kier alpha value is -0.182. The summed E-state index contributed by atoms with van der Waals surface area (Å²) in [5, 5.41) is 0. The van der Waals surface area contributed by atoms with Crippen LogP contribution in [0.5, 0.6) is 0 Å². The molecule has 0 saturated carbocycles. The monoisotopic (exact) mass is 320 g/mol. The summed E-state index contributed by atoms with van der Waals surface area (Å²) in [7, 11) is 1.65. The van der Waals surface area contributed by atoms with E-state index in [9.17, 15) is 0 Å². The molecule has 0 saturated heterocycles. The maximum absolute atomic E-state index is 4.92. The van der Waals surface area contributed by atoms with Crippen LogP contribution in [0.4, 0.5) is 0 Å². The number of hydrogen-bond acceptors (Lipinski definition) is 1. The molecule has 0 rings (SSSR count). The van der Waals surface area contributed by atoms with E-state index in [1.807, 2.05) is 6.08 Å². The molecular weight excluding hydrogens is 308 g/mol. The van der Waals surface area contributed by atoms with E-state index in [0.717, 1.165) is 23.3 Å². The summed E-state index contributed by atoms with van der Waals surface area (Å²) >= 11 is 1.29. The van der Waals surface area contributed by atoms with Crippen LogP contribution in [-0.4, -0.2) is 11.2 Å². The average molecular weight is 320 g/mol. The Morgan fingerprint density at radius 3 is 3.00 bits per heavy atom. The van der Waals surface area contributed by atoms with Crippen LogP contribution < -0.4 is 0 Å². The Bertz CT molecular complexity index is 185. The van der Waals surface area contributed by atoms with Crippen LogP contribution in [0.25, 0.3) is 0 Å². The molecule has 1 nitrogen and oxygen atoms in total. The molecule has 0 aliphatic rings. The molecule has 0 heterocycles. The van der Waals surface area contributed by atoms with Gasteiger partial charge in [0.05, 0.1) is 0 Å². The fourth-order valence-corrected chi connectivity index (χ4v) is 0.780. The van der Waals surface area contributed by atoms with Crippen LogP contribution in [0, 0.1) is 11.8 Å². The van der Waals surface area contributed by atoms with Crippen molar-refractivity contribution >= 4 is 4.08 Å². The molecule has 0 amide bonds. The van der Waals surface area contributed by atoms with Crippen LogP contribution in [0.2, 0.25) is 0 Å². The Balaban J connectivity index is 3.39. The Morgan fingerprint density at radius 1 is 1.73 bits per heavy atom. The zero-order chi connectivity index (χ0) is 8.53. The number of rotatable bonds is 4. The van der Waals surface area contributed by atoms with Crippen LogP contribution in [0.1, 0.15) is 19.3 Å². The van der Waals surface area contributed by atoms with Crippen molar-refractivity contribution < 1.29 is 24.1 Å². The molecule has 0 aliphatic carbocycles. The van der Waals surface area contributed by atoms with Crippen LogP contribution in [0.3, 0.4) is 0 Å². The topological polar surface area (TPSA) is 9.23 Å². The molecule has 0 aliphatic heterocycles. The van der Waals surface area contributed by atoms with Crippen molar-refractivity contribution in [3.8, 4) is 11.8 Å². The van der Waals surface area contributed by atoms with Crippen LogP contribution in [0.15, 0.2) is 12.7 Å². The molecular formula is C9H12OW. The van der Waals surface area contributed by atoms with Gasteiger partial charge in [0.15, 0.2) is 0 Å². The van der Waals surface area contributed by atoms with Gasteiger partial charge in [-0.05, 0) is 0 Å². The van der Waals surface area contributed by atoms with Gasteiger partial charge in [-0.3, -0.25) is 0 Å². The first kappa shape index (κ1) is 10.8. The van der Waals surface area contributed by atoms with E-state index in [-0.39, 0.29) is 0 Å². The first-order chi connectivity index (χ1) is 5.31. The summed E-state index contributed by atoms with van der Waals surface area (Å²) in [5.41, 5.74) is 0. The van der Waals surface area contributed by atoms with Crippen molar-refractivity contribution in [1.82, 2.24) is 0 Å². The molecule has 0 unspecified atom stereocenters. The summed E-state index contributed by atoms with van der Waals surface area (Å²) in [6.07, 6.45) is 5.00. The molecule has 0 fully saturated rings. The van der Waals surface area contributed by atoms with Crippen molar-refractivity contribution in [2.75, 3.05) is 7.11 Å². The van der Waals surface area contributed by atoms with Crippen LogP contribution >= 0.6 is 0 Å². The minimum atomic E-state index is 0.864. The number of methoxy groups -OCH3 is 1. The molecule has 0 radical (unpaired) electrons. The summed E-state index contributed by atoms with van der Waals surface area (Å²) in [6, 6.07) is 0. The van der Waals surface area contributed by atoms with Gasteiger partial charge in [0.1, 0.15) is 0 Å². The second-order valence-electron chi connectivity index (χ2n) is 1.97. The quantitative estimate of drug-likeness (QED) is 0.435. The fraction of sp³-hybridized carbons (Fsp3) is 0.444. The van der Waals surface area contributed by atoms with E-state index in [1.54, 1.807) is 7.11 Å². The van der Waals surface area contributed by atoms with Gasteiger partial charge in [0.2, 0.25) is 0 Å². The van der Waals surface area contributed by atoms with E-state index in [4.69, 9.17) is 4.74 Å². The second kappa shape index (κ2) is 7.92. The van der Waals surface area contributed by atoms with E-state index < -0.39 is 0 Å². The molecule has 11 heavy (non-hydrogen) atoms. The predicted octanol–water partition coefficient (Wildman–Crippen LogP) is 1.67. The first-order valence-electron chi connectivity index (χ1n) is 3.49. The van der Waals surface area contributed by atoms with Crippen LogP contribution in [-0.2, 0) is 24.1 Å². The standard InChI is InChI=1S/C9H12O.W/c1-3-4-5-6-7-8-9-10-2;/h3H,1,4-6H2,2H3;. The van der Waals surface area contributed by atoms with Gasteiger partial charge in [-0.15, -0.1) is 0 Å². The molecule has 0 aromatic rings. The molecule has 60 valence electrons. The molecule has 0 spiro atoms. The van der Waals surface area contributed by atoms with Gasteiger partial charge in [-0.25, -0.2) is 0 Å². The minimum absolute atomic E-state index is 0.864. The van der Waals surface area contributed by atoms with E-state index >= 15 is 0 Å². The molecule has 0 atom stereocenters. The van der Waals surface area contributed by atoms with Crippen molar-refractivity contribution in [3.63, 3.8) is 0 Å². The first-order valence-corrected chi connectivity index (χ1v) is 4.95. The normalized spacial score (nSPS) is 8.09. The number of hydrogen-bond donors (Lipinski definition) is 0. The van der Waals surface area contributed by atoms with Gasteiger partial charge in [0, 0.05) is 0 Å². The summed E-state index contributed by atoms with van der Waals surface area (Å²) in [6.45, 7) is 3.64. The third-order valence-electron chi connectivity index (χ3n) is 1.09. The molecule has 2 heteroatoms. The van der Waals surface area contributed by atoms with Gasteiger partial charge < -0.3 is 0 Å². The third-order valence-corrected chi connectivity index (χ3v) is 2.05. The molecule has 0 bridgehead atoms. The number of unbranched alkanes of at least 4 members (excludes halogenated alkanes) is 2. The third kappa shape index (κ3) is 7.72. The van der Waals surface area contributed by atoms with Crippen molar-refractivity contribution in [3.05, 3.63) is 12.7 Å². The molecule has 0 aromatic carbocycles. The van der Waals surface area contributed by atoms with Crippen molar-refractivity contribution in [1.29, 1.82) is 0 Å². The zero-order valence-corrected chi connectivity index (χ0v) is 9.66. The fourth-order valence-electron chi connectivity index (χ4n) is 0.520. The summed E-state index contributed by atoms with van der Waals surface area (Å²) in [4.78, 5) is 0.